The Hall–Kier alpha value is -5.85. The third kappa shape index (κ3) is 3.63. The van der Waals surface area contributed by atoms with Crippen LogP contribution in [0.3, 0.4) is 0 Å². The molecule has 3 heteroatoms. The molecule has 0 N–H and O–H groups in total. The average Bonchev–Trinajstić information content (AvgIpc) is 3.32. The Balaban J connectivity index is 1.26. The van der Waals surface area contributed by atoms with Crippen molar-refractivity contribution in [1.29, 1.82) is 5.26 Å². The third-order valence-corrected chi connectivity index (χ3v) is 9.75. The van der Waals surface area contributed by atoms with Crippen LogP contribution < -0.4 is 0 Å². The predicted molar refractivity (Wildman–Crippen MR) is 185 cm³/mol. The van der Waals surface area contributed by atoms with Crippen molar-refractivity contribution in [3.8, 4) is 39.6 Å². The molecule has 0 amide bonds. The maximum atomic E-state index is 9.53. The Morgan fingerprint density at radius 3 is 2.02 bits per heavy atom. The van der Waals surface area contributed by atoms with E-state index in [0.717, 1.165) is 44.1 Å². The Morgan fingerprint density at radius 2 is 1.22 bits per heavy atom. The van der Waals surface area contributed by atoms with Crippen molar-refractivity contribution >= 4 is 43.2 Å². The maximum absolute atomic E-state index is 9.53. The third-order valence-electron chi connectivity index (χ3n) is 9.75. The van der Waals surface area contributed by atoms with E-state index in [0.29, 0.717) is 5.56 Å². The van der Waals surface area contributed by atoms with Gasteiger partial charge in [-0.05, 0) is 85.3 Å². The lowest BCUT2D eigenvalue weighted by atomic mass is 9.81. The average molecular weight is 574 g/mol. The molecule has 1 aliphatic rings. The van der Waals surface area contributed by atoms with E-state index in [2.05, 4.69) is 128 Å². The van der Waals surface area contributed by atoms with Crippen molar-refractivity contribution < 1.29 is 0 Å². The second-order valence-electron chi connectivity index (χ2n) is 12.5. The van der Waals surface area contributed by atoms with Gasteiger partial charge in [0.1, 0.15) is 0 Å². The SMILES string of the molecule is CC1(C)c2cc(C#N)ccc2-c2ccc(-c3cccc(-c4nc5c6ccccc6c6ccccc6c5c5ccncc45)c3)cc21. The number of benzene rings is 6. The van der Waals surface area contributed by atoms with Crippen LogP contribution in [0.15, 0.2) is 128 Å². The lowest BCUT2D eigenvalue weighted by molar-refractivity contribution is 0.660. The first kappa shape index (κ1) is 25.6. The van der Waals surface area contributed by atoms with Gasteiger partial charge < -0.3 is 0 Å². The highest BCUT2D eigenvalue weighted by Crippen LogP contribution is 2.50. The highest BCUT2D eigenvalue weighted by Gasteiger charge is 2.35. The molecule has 3 nitrogen and oxygen atoms in total. The summed E-state index contributed by atoms with van der Waals surface area (Å²) in [4.78, 5) is 10.0. The molecule has 210 valence electrons. The molecule has 2 aromatic heterocycles. The summed E-state index contributed by atoms with van der Waals surface area (Å²) in [5, 5.41) is 17.7. The van der Waals surface area contributed by atoms with Crippen LogP contribution in [-0.2, 0) is 5.41 Å². The number of pyridine rings is 2. The standard InChI is InChI=1S/C42H27N3/c1-42(2)37-20-25(23-43)14-16-31(37)32-17-15-27(22-38(32)42)26-8-7-9-28(21-26)40-36-24-44-19-18-34(36)39-33-12-5-3-10-29(33)30-11-4-6-13-35(30)41(39)45-40/h3-22,24H,1-2H3. The lowest BCUT2D eigenvalue weighted by Crippen LogP contribution is -2.15. The van der Waals surface area contributed by atoms with Crippen molar-refractivity contribution in [2.24, 2.45) is 0 Å². The molecule has 45 heavy (non-hydrogen) atoms. The Kier molecular flexibility index (Phi) is 5.31. The molecule has 9 rings (SSSR count). The molecule has 0 saturated heterocycles. The van der Waals surface area contributed by atoms with Crippen LogP contribution in [0.5, 0.6) is 0 Å². The minimum absolute atomic E-state index is 0.198. The van der Waals surface area contributed by atoms with Crippen LogP contribution in [-0.4, -0.2) is 9.97 Å². The summed E-state index contributed by atoms with van der Waals surface area (Å²) in [6, 6.07) is 43.2. The van der Waals surface area contributed by atoms with Crippen LogP contribution in [0.2, 0.25) is 0 Å². The number of rotatable bonds is 2. The van der Waals surface area contributed by atoms with Crippen LogP contribution in [0.1, 0.15) is 30.5 Å². The summed E-state index contributed by atoms with van der Waals surface area (Å²) in [5.41, 5.74) is 10.8. The lowest BCUT2D eigenvalue weighted by Gasteiger charge is -2.22. The van der Waals surface area contributed by atoms with E-state index < -0.39 is 0 Å². The smallest absolute Gasteiger partial charge is 0.0991 e. The zero-order valence-corrected chi connectivity index (χ0v) is 25.0. The normalized spacial score (nSPS) is 13.3. The number of hydrogen-bond donors (Lipinski definition) is 0. The van der Waals surface area contributed by atoms with Crippen molar-refractivity contribution in [3.05, 3.63) is 144 Å². The summed E-state index contributed by atoms with van der Waals surface area (Å²) in [6.45, 7) is 4.51. The second kappa shape index (κ2) is 9.32. The van der Waals surface area contributed by atoms with E-state index in [4.69, 9.17) is 4.98 Å². The van der Waals surface area contributed by atoms with Crippen molar-refractivity contribution in [1.82, 2.24) is 9.97 Å². The molecule has 6 aromatic carbocycles. The molecular weight excluding hydrogens is 546 g/mol. The number of fused-ring (bicyclic) bond motifs is 11. The molecule has 8 aromatic rings. The van der Waals surface area contributed by atoms with Gasteiger partial charge in [-0.25, -0.2) is 4.98 Å². The second-order valence-corrected chi connectivity index (χ2v) is 12.5. The zero-order chi connectivity index (χ0) is 30.3. The summed E-state index contributed by atoms with van der Waals surface area (Å²) >= 11 is 0. The Labute approximate surface area is 261 Å². The van der Waals surface area contributed by atoms with E-state index >= 15 is 0 Å². The summed E-state index contributed by atoms with van der Waals surface area (Å²) < 4.78 is 0. The fourth-order valence-corrected chi connectivity index (χ4v) is 7.54. The van der Waals surface area contributed by atoms with Gasteiger partial charge in [0, 0.05) is 39.5 Å². The van der Waals surface area contributed by atoms with E-state index in [9.17, 15) is 5.26 Å². The van der Waals surface area contributed by atoms with Gasteiger partial charge in [0.05, 0.1) is 22.8 Å². The number of hydrogen-bond acceptors (Lipinski definition) is 3. The van der Waals surface area contributed by atoms with E-state index in [-0.39, 0.29) is 5.41 Å². The largest absolute Gasteiger partial charge is 0.264 e. The molecule has 0 saturated carbocycles. The summed E-state index contributed by atoms with van der Waals surface area (Å²) in [6.07, 6.45) is 3.84. The topological polar surface area (TPSA) is 49.6 Å². The molecule has 0 fully saturated rings. The fourth-order valence-electron chi connectivity index (χ4n) is 7.54. The first-order chi connectivity index (χ1) is 22.0. The first-order valence-electron chi connectivity index (χ1n) is 15.3. The van der Waals surface area contributed by atoms with E-state index in [1.165, 1.54) is 43.8 Å². The molecule has 2 heterocycles. The van der Waals surface area contributed by atoms with Crippen molar-refractivity contribution in [3.63, 3.8) is 0 Å². The predicted octanol–water partition coefficient (Wildman–Crippen LogP) is 10.6. The molecule has 0 radical (unpaired) electrons. The Morgan fingerprint density at radius 1 is 0.578 bits per heavy atom. The Bertz CT molecular complexity index is 2590. The monoisotopic (exact) mass is 573 g/mol. The molecule has 0 atom stereocenters. The van der Waals surface area contributed by atoms with Crippen LogP contribution in [0.25, 0.3) is 76.7 Å². The summed E-state index contributed by atoms with van der Waals surface area (Å²) in [5.74, 6) is 0. The molecule has 0 aliphatic heterocycles. The molecular formula is C42H27N3. The minimum Gasteiger partial charge on any atom is -0.264 e. The van der Waals surface area contributed by atoms with E-state index in [1.807, 2.05) is 24.5 Å². The zero-order valence-electron chi connectivity index (χ0n) is 25.0. The van der Waals surface area contributed by atoms with Gasteiger partial charge in [-0.1, -0.05) is 98.8 Å². The van der Waals surface area contributed by atoms with Crippen molar-refractivity contribution in [2.45, 2.75) is 19.3 Å². The van der Waals surface area contributed by atoms with E-state index in [1.54, 1.807) is 0 Å². The van der Waals surface area contributed by atoms with Crippen LogP contribution >= 0.6 is 0 Å². The quantitative estimate of drug-likeness (QED) is 0.193. The number of nitrogens with zero attached hydrogens (tertiary/aromatic N) is 3. The van der Waals surface area contributed by atoms with Crippen molar-refractivity contribution in [2.75, 3.05) is 0 Å². The van der Waals surface area contributed by atoms with Crippen LogP contribution in [0, 0.1) is 11.3 Å². The molecule has 0 unspecified atom stereocenters. The van der Waals surface area contributed by atoms with Gasteiger partial charge in [0.2, 0.25) is 0 Å². The number of nitriles is 1. The van der Waals surface area contributed by atoms with Gasteiger partial charge in [0.25, 0.3) is 0 Å². The van der Waals surface area contributed by atoms with Gasteiger partial charge >= 0.3 is 0 Å². The highest BCUT2D eigenvalue weighted by molar-refractivity contribution is 6.31. The molecule has 0 spiro atoms. The van der Waals surface area contributed by atoms with Gasteiger partial charge in [-0.2, -0.15) is 5.26 Å². The first-order valence-corrected chi connectivity index (χ1v) is 15.3. The number of aromatic nitrogens is 2. The molecule has 1 aliphatic carbocycles. The van der Waals surface area contributed by atoms with Gasteiger partial charge in [-0.3, -0.25) is 4.98 Å². The minimum atomic E-state index is -0.198. The van der Waals surface area contributed by atoms with Crippen LogP contribution in [0.4, 0.5) is 0 Å². The molecule has 0 bridgehead atoms. The van der Waals surface area contributed by atoms with Gasteiger partial charge in [-0.15, -0.1) is 0 Å². The summed E-state index contributed by atoms with van der Waals surface area (Å²) in [7, 11) is 0. The fraction of sp³-hybridized carbons (Fsp3) is 0.0714. The maximum Gasteiger partial charge on any atom is 0.0991 e. The highest BCUT2D eigenvalue weighted by atomic mass is 14.7. The van der Waals surface area contributed by atoms with Gasteiger partial charge in [0.15, 0.2) is 0 Å².